The van der Waals surface area contributed by atoms with Crippen molar-refractivity contribution >= 4 is 5.91 Å². The molecule has 3 heteroatoms. The van der Waals surface area contributed by atoms with Crippen LogP contribution in [-0.4, -0.2) is 36.5 Å². The number of hydrogen-bond donors (Lipinski definition) is 1. The maximum Gasteiger partial charge on any atom is 0.226 e. The van der Waals surface area contributed by atoms with Crippen molar-refractivity contribution in [2.24, 2.45) is 17.8 Å². The molecule has 0 spiro atoms. The first-order valence-corrected chi connectivity index (χ1v) is 7.80. The lowest BCUT2D eigenvalue weighted by Gasteiger charge is -2.33. The molecule has 1 aliphatic heterocycles. The van der Waals surface area contributed by atoms with Gasteiger partial charge in [0.25, 0.3) is 0 Å². The summed E-state index contributed by atoms with van der Waals surface area (Å²) in [5.41, 5.74) is 0. The molecule has 1 N–H and O–H groups in total. The molecule has 0 radical (unpaired) electrons. The molecule has 1 heterocycles. The zero-order valence-corrected chi connectivity index (χ0v) is 11.5. The van der Waals surface area contributed by atoms with Crippen molar-refractivity contribution in [3.05, 3.63) is 0 Å². The van der Waals surface area contributed by atoms with Crippen molar-refractivity contribution in [1.29, 1.82) is 0 Å². The lowest BCUT2D eigenvalue weighted by Crippen LogP contribution is -2.46. The van der Waals surface area contributed by atoms with E-state index in [4.69, 9.17) is 0 Å². The van der Waals surface area contributed by atoms with E-state index in [0.29, 0.717) is 17.9 Å². The lowest BCUT2D eigenvalue weighted by atomic mass is 9.87. The Hall–Kier alpha value is -0.570. The summed E-state index contributed by atoms with van der Waals surface area (Å²) in [6.07, 6.45) is 7.44. The zero-order chi connectivity index (χ0) is 12.5. The normalized spacial score (nSPS) is 38.3. The van der Waals surface area contributed by atoms with Gasteiger partial charge in [0.05, 0.1) is 0 Å². The Morgan fingerprint density at radius 3 is 2.72 bits per heavy atom. The molecule has 2 bridgehead atoms. The van der Waals surface area contributed by atoms with Gasteiger partial charge < -0.3 is 10.2 Å². The minimum Gasteiger partial charge on any atom is -0.338 e. The van der Waals surface area contributed by atoms with Crippen molar-refractivity contribution in [3.8, 4) is 0 Å². The van der Waals surface area contributed by atoms with E-state index < -0.39 is 0 Å². The van der Waals surface area contributed by atoms with E-state index in [1.807, 2.05) is 0 Å². The van der Waals surface area contributed by atoms with Crippen molar-refractivity contribution < 1.29 is 4.79 Å². The minimum absolute atomic E-state index is 0.371. The van der Waals surface area contributed by atoms with Crippen LogP contribution < -0.4 is 5.32 Å². The van der Waals surface area contributed by atoms with Crippen molar-refractivity contribution in [3.63, 3.8) is 0 Å². The number of nitrogens with zero attached hydrogens (tertiary/aromatic N) is 1. The molecule has 0 aromatic rings. The minimum atomic E-state index is 0.371. The van der Waals surface area contributed by atoms with Crippen LogP contribution in [0.3, 0.4) is 0 Å². The van der Waals surface area contributed by atoms with Crippen molar-refractivity contribution in [2.75, 3.05) is 19.6 Å². The first kappa shape index (κ1) is 12.5. The molecule has 2 aliphatic carbocycles. The Morgan fingerprint density at radius 2 is 2.17 bits per heavy atom. The second-order valence-electron chi connectivity index (χ2n) is 6.46. The summed E-state index contributed by atoms with van der Waals surface area (Å²) in [4.78, 5) is 15.0. The van der Waals surface area contributed by atoms with Gasteiger partial charge in [-0.05, 0) is 50.5 Å². The third-order valence-electron chi connectivity index (χ3n) is 5.28. The van der Waals surface area contributed by atoms with E-state index >= 15 is 0 Å². The monoisotopic (exact) mass is 250 g/mol. The predicted molar refractivity (Wildman–Crippen MR) is 72.2 cm³/mol. The number of rotatable bonds is 4. The molecule has 4 atom stereocenters. The number of carbonyl (C=O) groups is 1. The predicted octanol–water partition coefficient (Wildman–Crippen LogP) is 2.02. The highest BCUT2D eigenvalue weighted by Gasteiger charge is 2.45. The van der Waals surface area contributed by atoms with Gasteiger partial charge in [-0.25, -0.2) is 0 Å². The van der Waals surface area contributed by atoms with Crippen LogP contribution in [0.5, 0.6) is 0 Å². The van der Waals surface area contributed by atoms with Crippen LogP contribution in [0.1, 0.15) is 45.4 Å². The Balaban J connectivity index is 1.67. The van der Waals surface area contributed by atoms with Crippen LogP contribution in [-0.2, 0) is 4.79 Å². The van der Waals surface area contributed by atoms with Gasteiger partial charge in [0, 0.05) is 25.0 Å². The molecule has 0 aromatic heterocycles. The third kappa shape index (κ3) is 2.18. The first-order chi connectivity index (χ1) is 8.79. The Bertz CT molecular complexity index is 312. The van der Waals surface area contributed by atoms with Gasteiger partial charge in [0.1, 0.15) is 0 Å². The van der Waals surface area contributed by atoms with Crippen molar-refractivity contribution in [2.45, 2.75) is 51.5 Å². The molecule has 18 heavy (non-hydrogen) atoms. The zero-order valence-electron chi connectivity index (χ0n) is 11.5. The SMILES string of the molecule is CCCN(C(=O)C1CC2CCC1C2)C1CCNC1. The van der Waals surface area contributed by atoms with Gasteiger partial charge in [0.2, 0.25) is 5.91 Å². The summed E-state index contributed by atoms with van der Waals surface area (Å²) >= 11 is 0. The largest absolute Gasteiger partial charge is 0.338 e. The number of nitrogens with one attached hydrogen (secondary N) is 1. The van der Waals surface area contributed by atoms with Gasteiger partial charge in [-0.2, -0.15) is 0 Å². The van der Waals surface area contributed by atoms with Gasteiger partial charge >= 0.3 is 0 Å². The second-order valence-corrected chi connectivity index (χ2v) is 6.46. The molecule has 0 aromatic carbocycles. The van der Waals surface area contributed by atoms with Crippen LogP contribution in [0.15, 0.2) is 0 Å². The highest BCUT2D eigenvalue weighted by atomic mass is 16.2. The highest BCUT2D eigenvalue weighted by Crippen LogP contribution is 2.49. The van der Waals surface area contributed by atoms with Crippen LogP contribution in [0, 0.1) is 17.8 Å². The topological polar surface area (TPSA) is 32.3 Å². The molecule has 1 amide bonds. The Labute approximate surface area is 110 Å². The van der Waals surface area contributed by atoms with Crippen LogP contribution in [0.4, 0.5) is 0 Å². The van der Waals surface area contributed by atoms with Crippen LogP contribution in [0.2, 0.25) is 0 Å². The second kappa shape index (κ2) is 5.20. The molecule has 3 rings (SSSR count). The Kier molecular flexibility index (Phi) is 3.60. The molecule has 4 unspecified atom stereocenters. The number of hydrogen-bond acceptors (Lipinski definition) is 2. The highest BCUT2D eigenvalue weighted by molar-refractivity contribution is 5.80. The van der Waals surface area contributed by atoms with Gasteiger partial charge in [-0.15, -0.1) is 0 Å². The van der Waals surface area contributed by atoms with Crippen molar-refractivity contribution in [1.82, 2.24) is 10.2 Å². The summed E-state index contributed by atoms with van der Waals surface area (Å²) in [6, 6.07) is 0.469. The summed E-state index contributed by atoms with van der Waals surface area (Å²) in [5.74, 6) is 2.44. The average Bonchev–Trinajstić information content (AvgIpc) is 3.10. The molecular weight excluding hydrogens is 224 g/mol. The molecule has 102 valence electrons. The van der Waals surface area contributed by atoms with Crippen LogP contribution in [0.25, 0.3) is 0 Å². The van der Waals surface area contributed by atoms with Gasteiger partial charge in [-0.3, -0.25) is 4.79 Å². The van der Waals surface area contributed by atoms with Crippen LogP contribution >= 0.6 is 0 Å². The third-order valence-corrected chi connectivity index (χ3v) is 5.28. The number of fused-ring (bicyclic) bond motifs is 2. The fourth-order valence-electron chi connectivity index (χ4n) is 4.38. The Morgan fingerprint density at radius 1 is 1.28 bits per heavy atom. The molecular formula is C15H26N2O. The number of carbonyl (C=O) groups excluding carboxylic acids is 1. The van der Waals surface area contributed by atoms with E-state index in [9.17, 15) is 4.79 Å². The smallest absolute Gasteiger partial charge is 0.226 e. The summed E-state index contributed by atoms with van der Waals surface area (Å²) in [7, 11) is 0. The van der Waals surface area contributed by atoms with E-state index in [-0.39, 0.29) is 0 Å². The molecule has 3 fully saturated rings. The molecule has 3 aliphatic rings. The lowest BCUT2D eigenvalue weighted by molar-refractivity contribution is -0.139. The number of amides is 1. The fraction of sp³-hybridized carbons (Fsp3) is 0.933. The van der Waals surface area contributed by atoms with E-state index in [1.54, 1.807) is 0 Å². The molecule has 3 nitrogen and oxygen atoms in total. The first-order valence-electron chi connectivity index (χ1n) is 7.80. The maximum atomic E-state index is 12.8. The summed E-state index contributed by atoms with van der Waals surface area (Å²) < 4.78 is 0. The van der Waals surface area contributed by atoms with E-state index in [0.717, 1.165) is 44.3 Å². The van der Waals surface area contributed by atoms with E-state index in [1.165, 1.54) is 25.7 Å². The average molecular weight is 250 g/mol. The van der Waals surface area contributed by atoms with Gasteiger partial charge in [-0.1, -0.05) is 13.3 Å². The van der Waals surface area contributed by atoms with Gasteiger partial charge in [0.15, 0.2) is 0 Å². The molecule has 1 saturated heterocycles. The molecule has 2 saturated carbocycles. The fourth-order valence-corrected chi connectivity index (χ4v) is 4.38. The summed E-state index contributed by atoms with van der Waals surface area (Å²) in [6.45, 7) is 5.23. The van der Waals surface area contributed by atoms with E-state index in [2.05, 4.69) is 17.1 Å². The quantitative estimate of drug-likeness (QED) is 0.828. The standard InChI is InChI=1S/C15H26N2O/c1-2-7-17(13-5-6-16-10-13)15(18)14-9-11-3-4-12(14)8-11/h11-14,16H,2-10H2,1H3. The summed E-state index contributed by atoms with van der Waals surface area (Å²) in [5, 5.41) is 3.40. The maximum absolute atomic E-state index is 12.8.